The molecule has 0 amide bonds. The van der Waals surface area contributed by atoms with Crippen molar-refractivity contribution in [2.75, 3.05) is 6.61 Å². The molecule has 65 heavy (non-hydrogen) atoms. The Morgan fingerprint density at radius 2 is 0.969 bits per heavy atom. The Hall–Kier alpha value is -3.05. The van der Waals surface area contributed by atoms with Gasteiger partial charge in [-0.2, -0.15) is 0 Å². The maximum atomic E-state index is 10.1. The second-order valence-electron chi connectivity index (χ2n) is 21.3. The van der Waals surface area contributed by atoms with Crippen molar-refractivity contribution in [1.82, 2.24) is 0 Å². The van der Waals surface area contributed by atoms with Crippen molar-refractivity contribution in [3.05, 3.63) is 125 Å². The topological polar surface area (TPSA) is 84.8 Å². The fraction of sp³-hybridized carbons (Fsp3) is 0.547. The van der Waals surface area contributed by atoms with E-state index in [4.69, 9.17) is 30.7 Å². The van der Waals surface area contributed by atoms with Gasteiger partial charge in [-0.3, -0.25) is 0 Å². The SMILES string of the molecule is CCC(CC(CC(CC(C)c1ccc(O)cc1)c1ccc(OC(C)C)cc1)c1ccc(C(C)(C)C)cc1)c1ccc(OC(C)OCCC[Si]2(C)O[Si](C)(C)O[Si](C)(C)O[Si](C)(C)O2)cc1. The molecule has 1 heterocycles. The van der Waals surface area contributed by atoms with Gasteiger partial charge in [-0.1, -0.05) is 95.3 Å². The van der Waals surface area contributed by atoms with Crippen molar-refractivity contribution in [3.8, 4) is 17.2 Å². The van der Waals surface area contributed by atoms with E-state index in [0.29, 0.717) is 36.0 Å². The van der Waals surface area contributed by atoms with Gasteiger partial charge < -0.3 is 35.8 Å². The quantitative estimate of drug-likeness (QED) is 0.0533. The third-order valence-electron chi connectivity index (χ3n) is 12.4. The van der Waals surface area contributed by atoms with E-state index < -0.39 is 40.5 Å². The molecular formula is C53H82O8Si4. The van der Waals surface area contributed by atoms with Gasteiger partial charge in [0.05, 0.1) is 12.7 Å². The molecular weight excluding hydrogens is 877 g/mol. The Balaban J connectivity index is 1.29. The van der Waals surface area contributed by atoms with E-state index in [9.17, 15) is 5.11 Å². The molecule has 1 saturated heterocycles. The van der Waals surface area contributed by atoms with Gasteiger partial charge in [0.2, 0.25) is 0 Å². The highest BCUT2D eigenvalue weighted by Crippen LogP contribution is 2.43. The minimum atomic E-state index is -2.56. The van der Waals surface area contributed by atoms with Crippen LogP contribution >= 0.6 is 0 Å². The van der Waals surface area contributed by atoms with Crippen LogP contribution in [0.25, 0.3) is 0 Å². The van der Waals surface area contributed by atoms with Crippen molar-refractivity contribution in [3.63, 3.8) is 0 Å². The van der Waals surface area contributed by atoms with Gasteiger partial charge >= 0.3 is 34.2 Å². The van der Waals surface area contributed by atoms with Crippen molar-refractivity contribution < 1.29 is 35.8 Å². The van der Waals surface area contributed by atoms with E-state index >= 15 is 0 Å². The molecule has 0 radical (unpaired) electrons. The maximum Gasteiger partial charge on any atom is 0.317 e. The van der Waals surface area contributed by atoms with Gasteiger partial charge in [-0.15, -0.1) is 0 Å². The Bertz CT molecular complexity index is 2030. The van der Waals surface area contributed by atoms with E-state index in [-0.39, 0.29) is 11.5 Å². The second-order valence-corrected chi connectivity index (χ2v) is 35.7. The van der Waals surface area contributed by atoms with Crippen LogP contribution in [0.2, 0.25) is 51.9 Å². The van der Waals surface area contributed by atoms with Crippen LogP contribution in [-0.2, 0) is 26.6 Å². The molecule has 1 N–H and O–H groups in total. The Kier molecular flexibility index (Phi) is 18.2. The van der Waals surface area contributed by atoms with Crippen LogP contribution in [0, 0.1) is 0 Å². The van der Waals surface area contributed by atoms with Gasteiger partial charge in [-0.25, -0.2) is 0 Å². The molecule has 0 saturated carbocycles. The van der Waals surface area contributed by atoms with Crippen molar-refractivity contribution in [2.24, 2.45) is 0 Å². The van der Waals surface area contributed by atoms with Gasteiger partial charge in [0.1, 0.15) is 17.2 Å². The molecule has 0 bridgehead atoms. The number of phenolic OH excluding ortho intramolecular Hbond substituents is 1. The zero-order chi connectivity index (χ0) is 47.8. The molecule has 4 aromatic carbocycles. The first-order chi connectivity index (χ1) is 30.3. The van der Waals surface area contributed by atoms with Crippen LogP contribution < -0.4 is 9.47 Å². The molecule has 358 valence electrons. The highest BCUT2D eigenvalue weighted by molar-refractivity contribution is 6.93. The number of hydrogen-bond acceptors (Lipinski definition) is 8. The molecule has 8 nitrogen and oxygen atoms in total. The smallest absolute Gasteiger partial charge is 0.317 e. The average molecular weight is 960 g/mol. The first kappa shape index (κ1) is 52.9. The summed E-state index contributed by atoms with van der Waals surface area (Å²) in [5, 5.41) is 10.1. The fourth-order valence-electron chi connectivity index (χ4n) is 9.77. The van der Waals surface area contributed by atoms with Crippen LogP contribution in [0.1, 0.15) is 139 Å². The number of rotatable bonds is 20. The van der Waals surface area contributed by atoms with Crippen molar-refractivity contribution >= 4 is 34.2 Å². The van der Waals surface area contributed by atoms with Crippen LogP contribution in [0.4, 0.5) is 0 Å². The molecule has 12 heteroatoms. The predicted molar refractivity (Wildman–Crippen MR) is 277 cm³/mol. The van der Waals surface area contributed by atoms with Crippen molar-refractivity contribution in [2.45, 2.75) is 181 Å². The summed E-state index contributed by atoms with van der Waals surface area (Å²) in [6.07, 6.45) is 4.56. The summed E-state index contributed by atoms with van der Waals surface area (Å²) in [5.74, 6) is 3.28. The molecule has 0 spiro atoms. The summed E-state index contributed by atoms with van der Waals surface area (Å²) in [6.45, 7) is 32.9. The summed E-state index contributed by atoms with van der Waals surface area (Å²) < 4.78 is 45.1. The summed E-state index contributed by atoms with van der Waals surface area (Å²) in [6, 6.07) is 35.5. The predicted octanol–water partition coefficient (Wildman–Crippen LogP) is 14.9. The molecule has 5 unspecified atom stereocenters. The molecule has 1 aliphatic rings. The average Bonchev–Trinajstić information content (AvgIpc) is 3.19. The molecule has 5 rings (SSSR count). The van der Waals surface area contributed by atoms with Gasteiger partial charge in [0.15, 0.2) is 6.29 Å². The summed E-state index contributed by atoms with van der Waals surface area (Å²) in [4.78, 5) is 0. The lowest BCUT2D eigenvalue weighted by molar-refractivity contribution is -0.0666. The molecule has 1 fully saturated rings. The van der Waals surface area contributed by atoms with Gasteiger partial charge in [-0.05, 0) is 198 Å². The number of aromatic hydroxyl groups is 1. The standard InChI is InChI=1S/C53H82O8Si4/c1-16-42(44-22-32-52(33-23-44)57-41(5)55-34-17-35-65(15)60-63(11,12)58-62(9,10)59-64(13,14)61-65)37-48(45-18-26-49(27-19-45)53(6,7)8)38-47(36-40(4)43-20-28-50(54)29-21-43)46-24-30-51(31-25-46)56-39(2)3/h18-33,39-42,47-48,54H,16-17,34-38H2,1-15H3. The van der Waals surface area contributed by atoms with Crippen LogP contribution in [0.3, 0.4) is 0 Å². The van der Waals surface area contributed by atoms with E-state index in [1.165, 1.54) is 27.8 Å². The lowest BCUT2D eigenvalue weighted by Gasteiger charge is -2.47. The van der Waals surface area contributed by atoms with E-state index in [1.54, 1.807) is 12.1 Å². The lowest BCUT2D eigenvalue weighted by Crippen LogP contribution is -2.65. The normalized spacial score (nSPS) is 19.3. The van der Waals surface area contributed by atoms with Gasteiger partial charge in [0, 0.05) is 0 Å². The van der Waals surface area contributed by atoms with E-state index in [2.05, 4.69) is 179 Å². The minimum absolute atomic E-state index is 0.0774. The molecule has 5 atom stereocenters. The monoisotopic (exact) mass is 959 g/mol. The zero-order valence-corrected chi connectivity index (χ0v) is 46.5. The van der Waals surface area contributed by atoms with Crippen LogP contribution in [0.15, 0.2) is 97.1 Å². The summed E-state index contributed by atoms with van der Waals surface area (Å²) >= 11 is 0. The second kappa shape index (κ2) is 22.4. The Morgan fingerprint density at radius 3 is 1.46 bits per heavy atom. The summed E-state index contributed by atoms with van der Waals surface area (Å²) in [5.41, 5.74) is 6.71. The van der Waals surface area contributed by atoms with E-state index in [0.717, 1.165) is 49.6 Å². The zero-order valence-electron chi connectivity index (χ0n) is 42.5. The third kappa shape index (κ3) is 16.6. The van der Waals surface area contributed by atoms with Crippen LogP contribution in [0.5, 0.6) is 17.2 Å². The lowest BCUT2D eigenvalue weighted by atomic mass is 9.74. The fourth-order valence-corrected chi connectivity index (χ4v) is 31.3. The highest BCUT2D eigenvalue weighted by Gasteiger charge is 2.52. The molecule has 1 aliphatic heterocycles. The number of hydrogen-bond donors (Lipinski definition) is 1. The van der Waals surface area contributed by atoms with Gasteiger partial charge in [0.25, 0.3) is 0 Å². The van der Waals surface area contributed by atoms with E-state index in [1.807, 2.05) is 6.92 Å². The summed E-state index contributed by atoms with van der Waals surface area (Å²) in [7, 11) is -9.73. The third-order valence-corrected chi connectivity index (χ3v) is 28.9. The number of phenols is 1. The largest absolute Gasteiger partial charge is 0.508 e. The van der Waals surface area contributed by atoms with Crippen molar-refractivity contribution in [1.29, 1.82) is 0 Å². The number of ether oxygens (including phenoxy) is 3. The minimum Gasteiger partial charge on any atom is -0.508 e. The molecule has 0 aromatic heterocycles. The Morgan fingerprint density at radius 1 is 0.538 bits per heavy atom. The highest BCUT2D eigenvalue weighted by atomic mass is 28.5. The Labute approximate surface area is 397 Å². The first-order valence-corrected chi connectivity index (χ1v) is 35.2. The molecule has 4 aromatic rings. The molecule has 0 aliphatic carbocycles. The maximum absolute atomic E-state index is 10.1. The first-order valence-electron chi connectivity index (χ1n) is 24.2. The number of benzene rings is 4. The van der Waals surface area contributed by atoms with Crippen LogP contribution in [-0.4, -0.2) is 58.4 Å².